The topological polar surface area (TPSA) is 0 Å². The first-order valence-corrected chi connectivity index (χ1v) is 11.6. The van der Waals surface area contributed by atoms with Crippen LogP contribution in [0.2, 0.25) is 5.02 Å². The van der Waals surface area contributed by atoms with E-state index in [0.29, 0.717) is 12.0 Å². The second kappa shape index (κ2) is 8.88. The van der Waals surface area contributed by atoms with Gasteiger partial charge in [-0.3, -0.25) is 0 Å². The van der Waals surface area contributed by atoms with E-state index in [2.05, 4.69) is 6.92 Å². The van der Waals surface area contributed by atoms with Gasteiger partial charge in [-0.05, 0) is 78.9 Å². The van der Waals surface area contributed by atoms with E-state index in [4.69, 9.17) is 11.6 Å². The predicted molar refractivity (Wildman–Crippen MR) is 114 cm³/mol. The Bertz CT molecular complexity index is 878. The highest BCUT2D eigenvalue weighted by atomic mass is 35.5. The lowest BCUT2D eigenvalue weighted by atomic mass is 9.63. The van der Waals surface area contributed by atoms with Gasteiger partial charge in [-0.25, -0.2) is 13.2 Å². The lowest BCUT2D eigenvalue weighted by Crippen LogP contribution is -2.30. The molecule has 2 fully saturated rings. The molecule has 4 heteroatoms. The van der Waals surface area contributed by atoms with E-state index in [-0.39, 0.29) is 21.7 Å². The summed E-state index contributed by atoms with van der Waals surface area (Å²) in [6.45, 7) is 2.25. The maximum absolute atomic E-state index is 14.8. The Hall–Kier alpha value is -1.22. The van der Waals surface area contributed by atoms with Crippen molar-refractivity contribution < 1.29 is 13.2 Å². The van der Waals surface area contributed by atoms with Crippen molar-refractivity contribution in [3.63, 3.8) is 0 Å². The van der Waals surface area contributed by atoms with Gasteiger partial charge in [0.2, 0.25) is 0 Å². The highest BCUT2D eigenvalue weighted by Gasteiger charge is 2.36. The van der Waals surface area contributed by atoms with Crippen molar-refractivity contribution >= 4 is 22.4 Å². The molecule has 2 saturated carbocycles. The zero-order valence-corrected chi connectivity index (χ0v) is 17.9. The van der Waals surface area contributed by atoms with Crippen LogP contribution in [0.1, 0.15) is 82.6 Å². The van der Waals surface area contributed by atoms with Gasteiger partial charge in [0.05, 0.1) is 10.4 Å². The highest BCUT2D eigenvalue weighted by Crippen LogP contribution is 2.50. The molecular weight excluding hydrogens is 393 g/mol. The van der Waals surface area contributed by atoms with Crippen molar-refractivity contribution in [3.05, 3.63) is 46.2 Å². The third-order valence-electron chi connectivity index (χ3n) is 7.44. The number of hydrogen-bond acceptors (Lipinski definition) is 0. The predicted octanol–water partition coefficient (Wildman–Crippen LogP) is 8.79. The molecule has 2 aliphatic rings. The third kappa shape index (κ3) is 4.31. The van der Waals surface area contributed by atoms with Crippen LogP contribution in [0.25, 0.3) is 10.8 Å². The largest absolute Gasteiger partial charge is 0.207 e. The molecule has 2 aromatic carbocycles. The van der Waals surface area contributed by atoms with Gasteiger partial charge >= 0.3 is 0 Å². The van der Waals surface area contributed by atoms with Gasteiger partial charge in [-0.1, -0.05) is 50.6 Å². The molecule has 2 unspecified atom stereocenters. The van der Waals surface area contributed by atoms with E-state index in [0.717, 1.165) is 36.7 Å². The molecule has 0 saturated heterocycles. The Morgan fingerprint density at radius 3 is 2.48 bits per heavy atom. The standard InChI is InChI=1S/C25H30ClF3/c1-2-3-4-5-15-6-7-17-11-18(9-8-16(17)10-15)21-13-19-12-20(27)14-22(28)23(19)25(29)24(21)26/h12-18H,2-11H2,1H3/t15-,16?,17-,18?/m1/s1. The molecule has 2 aromatic rings. The van der Waals surface area contributed by atoms with Crippen LogP contribution in [0.15, 0.2) is 18.2 Å². The first kappa shape index (κ1) is 21.0. The molecule has 0 N–H and O–H groups in total. The number of fused-ring (bicyclic) bond motifs is 2. The highest BCUT2D eigenvalue weighted by molar-refractivity contribution is 6.32. The summed E-state index contributed by atoms with van der Waals surface area (Å²) in [6, 6.07) is 3.63. The average molecular weight is 423 g/mol. The molecule has 0 aliphatic heterocycles. The van der Waals surface area contributed by atoms with E-state index in [9.17, 15) is 13.2 Å². The monoisotopic (exact) mass is 422 g/mol. The molecule has 0 spiro atoms. The Morgan fingerprint density at radius 2 is 1.69 bits per heavy atom. The lowest BCUT2D eigenvalue weighted by Gasteiger charge is -2.42. The number of rotatable bonds is 5. The van der Waals surface area contributed by atoms with Crippen molar-refractivity contribution in [1.29, 1.82) is 0 Å². The fraction of sp³-hybridized carbons (Fsp3) is 0.600. The van der Waals surface area contributed by atoms with Gasteiger partial charge in [-0.15, -0.1) is 0 Å². The summed E-state index contributed by atoms with van der Waals surface area (Å²) < 4.78 is 42.6. The van der Waals surface area contributed by atoms with Crippen molar-refractivity contribution in [2.75, 3.05) is 0 Å². The van der Waals surface area contributed by atoms with Crippen molar-refractivity contribution in [3.8, 4) is 0 Å². The summed E-state index contributed by atoms with van der Waals surface area (Å²) in [5, 5.41) is 0.0716. The molecule has 4 atom stereocenters. The summed E-state index contributed by atoms with van der Waals surface area (Å²) in [5.74, 6) is 0.140. The van der Waals surface area contributed by atoms with Gasteiger partial charge in [0, 0.05) is 6.07 Å². The van der Waals surface area contributed by atoms with E-state index in [1.807, 2.05) is 0 Å². The van der Waals surface area contributed by atoms with Crippen LogP contribution < -0.4 is 0 Å². The van der Waals surface area contributed by atoms with Crippen LogP contribution in [0.5, 0.6) is 0 Å². The van der Waals surface area contributed by atoms with Gasteiger partial charge in [0.1, 0.15) is 11.6 Å². The van der Waals surface area contributed by atoms with E-state index in [1.165, 1.54) is 51.0 Å². The summed E-state index contributed by atoms with van der Waals surface area (Å²) in [6.07, 6.45) is 12.3. The van der Waals surface area contributed by atoms with Gasteiger partial charge in [0.25, 0.3) is 0 Å². The summed E-state index contributed by atoms with van der Waals surface area (Å²) in [5.41, 5.74) is 0.727. The van der Waals surface area contributed by atoms with Crippen LogP contribution in [0.4, 0.5) is 13.2 Å². The van der Waals surface area contributed by atoms with Crippen LogP contribution >= 0.6 is 11.6 Å². The molecule has 0 heterocycles. The molecule has 0 bridgehead atoms. The Kier molecular flexibility index (Phi) is 6.44. The Morgan fingerprint density at radius 1 is 0.931 bits per heavy atom. The fourth-order valence-electron chi connectivity index (χ4n) is 5.92. The number of halogens is 4. The zero-order valence-electron chi connectivity index (χ0n) is 17.1. The van der Waals surface area contributed by atoms with Crippen molar-refractivity contribution in [2.24, 2.45) is 17.8 Å². The molecule has 0 radical (unpaired) electrons. The minimum atomic E-state index is -0.893. The van der Waals surface area contributed by atoms with Crippen LogP contribution in [-0.2, 0) is 0 Å². The average Bonchev–Trinajstić information content (AvgIpc) is 2.70. The maximum atomic E-state index is 14.8. The van der Waals surface area contributed by atoms with Gasteiger partial charge in [-0.2, -0.15) is 0 Å². The number of hydrogen-bond donors (Lipinski definition) is 0. The van der Waals surface area contributed by atoms with Gasteiger partial charge < -0.3 is 0 Å². The summed E-state index contributed by atoms with van der Waals surface area (Å²) >= 11 is 6.35. The Balaban J connectivity index is 1.51. The number of unbranched alkanes of at least 4 members (excludes halogenated alkanes) is 2. The molecule has 4 rings (SSSR count). The third-order valence-corrected chi connectivity index (χ3v) is 7.82. The molecule has 0 amide bonds. The molecule has 0 aromatic heterocycles. The SMILES string of the molecule is CCCCC[C@@H]1CC[C@@H]2CC(c3cc4cc(F)cc(F)c4c(F)c3Cl)CCC2C1. The first-order chi connectivity index (χ1) is 14.0. The zero-order chi connectivity index (χ0) is 20.5. The molecule has 158 valence electrons. The molecule has 2 aliphatic carbocycles. The molecule has 29 heavy (non-hydrogen) atoms. The normalized spacial score (nSPS) is 27.2. The van der Waals surface area contributed by atoms with Gasteiger partial charge in [0.15, 0.2) is 5.82 Å². The fourth-order valence-corrected chi connectivity index (χ4v) is 6.22. The van der Waals surface area contributed by atoms with E-state index in [1.54, 1.807) is 6.07 Å². The Labute approximate surface area is 176 Å². The van der Waals surface area contributed by atoms with E-state index >= 15 is 0 Å². The minimum Gasteiger partial charge on any atom is -0.207 e. The quantitative estimate of drug-likeness (QED) is 0.422. The molecular formula is C25H30ClF3. The van der Waals surface area contributed by atoms with Crippen LogP contribution in [-0.4, -0.2) is 0 Å². The molecule has 0 nitrogen and oxygen atoms in total. The number of benzene rings is 2. The van der Waals surface area contributed by atoms with Crippen molar-refractivity contribution in [1.82, 2.24) is 0 Å². The second-order valence-corrected chi connectivity index (χ2v) is 9.66. The summed E-state index contributed by atoms with van der Waals surface area (Å²) in [7, 11) is 0. The smallest absolute Gasteiger partial charge is 0.152 e. The van der Waals surface area contributed by atoms with E-state index < -0.39 is 17.5 Å². The first-order valence-electron chi connectivity index (χ1n) is 11.2. The summed E-state index contributed by atoms with van der Waals surface area (Å²) in [4.78, 5) is 0. The second-order valence-electron chi connectivity index (χ2n) is 9.28. The van der Waals surface area contributed by atoms with Crippen molar-refractivity contribution in [2.45, 2.75) is 77.0 Å². The van der Waals surface area contributed by atoms with Crippen LogP contribution in [0.3, 0.4) is 0 Å². The lowest BCUT2D eigenvalue weighted by molar-refractivity contribution is 0.113. The maximum Gasteiger partial charge on any atom is 0.152 e. The minimum absolute atomic E-state index is 0.0136. The van der Waals surface area contributed by atoms with Crippen LogP contribution in [0, 0.1) is 35.2 Å².